The molecule has 22 heavy (non-hydrogen) atoms. The smallest absolute Gasteiger partial charge is 0.254 e. The number of hydrogen-bond acceptors (Lipinski definition) is 4. The molecular weight excluding hydrogens is 282 g/mol. The number of aromatic nitrogens is 4. The van der Waals surface area contributed by atoms with E-state index < -0.39 is 5.60 Å². The van der Waals surface area contributed by atoms with Gasteiger partial charge in [-0.2, -0.15) is 15.4 Å². The number of aromatic amines is 2. The Balaban J connectivity index is 1.58. The summed E-state index contributed by atoms with van der Waals surface area (Å²) in [6.45, 7) is 0.714. The first-order valence-corrected chi connectivity index (χ1v) is 7.11. The van der Waals surface area contributed by atoms with Gasteiger partial charge in [-0.15, -0.1) is 0 Å². The Bertz CT molecular complexity index is 825. The summed E-state index contributed by atoms with van der Waals surface area (Å²) in [5.41, 5.74) is 0.887. The number of fused-ring (bicyclic) bond motifs is 1. The fraction of sp³-hybridized carbons (Fsp3) is 0.267. The molecule has 1 aromatic carbocycles. The van der Waals surface area contributed by atoms with Crippen molar-refractivity contribution >= 4 is 16.8 Å². The number of amides is 1. The topological polar surface area (TPSA) is 97.9 Å². The highest BCUT2D eigenvalue weighted by molar-refractivity contribution is 5.98. The lowest BCUT2D eigenvalue weighted by atomic mass is 10.00. The highest BCUT2D eigenvalue weighted by atomic mass is 16.3. The number of likely N-dealkylation sites (tertiary alicyclic amines) is 1. The van der Waals surface area contributed by atoms with E-state index in [0.717, 1.165) is 10.9 Å². The lowest BCUT2D eigenvalue weighted by molar-refractivity contribution is 0.0382. The van der Waals surface area contributed by atoms with Gasteiger partial charge in [-0.1, -0.05) is 6.07 Å². The van der Waals surface area contributed by atoms with Crippen molar-refractivity contribution in [3.8, 4) is 0 Å². The molecule has 112 valence electrons. The van der Waals surface area contributed by atoms with E-state index >= 15 is 0 Å². The molecule has 7 heteroatoms. The van der Waals surface area contributed by atoms with E-state index in [1.54, 1.807) is 4.90 Å². The fourth-order valence-electron chi connectivity index (χ4n) is 2.97. The second-order valence-electron chi connectivity index (χ2n) is 5.64. The minimum absolute atomic E-state index is 0.0871. The average molecular weight is 297 g/mol. The highest BCUT2D eigenvalue weighted by Crippen LogP contribution is 2.31. The maximum Gasteiger partial charge on any atom is 0.254 e. The Kier molecular flexibility index (Phi) is 2.77. The molecule has 0 saturated carbocycles. The predicted molar refractivity (Wildman–Crippen MR) is 79.1 cm³/mol. The summed E-state index contributed by atoms with van der Waals surface area (Å²) in [5.74, 6) is -0.0871. The van der Waals surface area contributed by atoms with Crippen LogP contribution in [0.3, 0.4) is 0 Å². The van der Waals surface area contributed by atoms with E-state index in [9.17, 15) is 9.90 Å². The second-order valence-corrected chi connectivity index (χ2v) is 5.64. The standard InChI is InChI=1S/C15H15N5O2/c21-14(11-2-1-10-3-5-16-12(10)7-11)20-6-4-15(22,9-20)13-8-17-19-18-13/h1-3,5,7-8,16,22H,4,6,9H2,(H,17,18,19)/t15-/m1/s1. The van der Waals surface area contributed by atoms with Crippen LogP contribution in [0.5, 0.6) is 0 Å². The number of aliphatic hydroxyl groups is 1. The van der Waals surface area contributed by atoms with Crippen LogP contribution in [0.15, 0.2) is 36.7 Å². The second kappa shape index (κ2) is 4.67. The maximum absolute atomic E-state index is 12.6. The third-order valence-electron chi connectivity index (χ3n) is 4.23. The van der Waals surface area contributed by atoms with Crippen molar-refractivity contribution in [3.63, 3.8) is 0 Å². The molecule has 1 amide bonds. The summed E-state index contributed by atoms with van der Waals surface area (Å²) < 4.78 is 0. The Morgan fingerprint density at radius 1 is 1.36 bits per heavy atom. The van der Waals surface area contributed by atoms with Crippen molar-refractivity contribution in [2.45, 2.75) is 12.0 Å². The van der Waals surface area contributed by atoms with Crippen molar-refractivity contribution in [2.24, 2.45) is 0 Å². The number of β-amino-alcohol motifs (C(OH)–C–C–N with tert-alkyl or cyclic N) is 1. The van der Waals surface area contributed by atoms with Crippen LogP contribution in [0.2, 0.25) is 0 Å². The molecule has 0 aliphatic carbocycles. The van der Waals surface area contributed by atoms with Crippen molar-refractivity contribution < 1.29 is 9.90 Å². The molecule has 0 spiro atoms. The monoisotopic (exact) mass is 297 g/mol. The third kappa shape index (κ3) is 1.98. The van der Waals surface area contributed by atoms with Gasteiger partial charge in [-0.3, -0.25) is 4.79 Å². The number of carbonyl (C=O) groups is 1. The van der Waals surface area contributed by atoms with Gasteiger partial charge in [0.2, 0.25) is 0 Å². The number of H-pyrrole nitrogens is 2. The predicted octanol–water partition coefficient (Wildman–Crippen LogP) is 1.02. The van der Waals surface area contributed by atoms with Gasteiger partial charge in [0.15, 0.2) is 0 Å². The maximum atomic E-state index is 12.6. The fourth-order valence-corrected chi connectivity index (χ4v) is 2.97. The zero-order valence-corrected chi connectivity index (χ0v) is 11.8. The number of rotatable bonds is 2. The molecule has 1 aliphatic rings. The van der Waals surface area contributed by atoms with Crippen LogP contribution in [0, 0.1) is 0 Å². The van der Waals surface area contributed by atoms with Gasteiger partial charge in [-0.05, 0) is 23.6 Å². The number of benzene rings is 1. The van der Waals surface area contributed by atoms with Gasteiger partial charge >= 0.3 is 0 Å². The molecule has 0 unspecified atom stereocenters. The zero-order chi connectivity index (χ0) is 15.2. The van der Waals surface area contributed by atoms with Crippen molar-refractivity contribution in [1.29, 1.82) is 0 Å². The van der Waals surface area contributed by atoms with E-state index in [4.69, 9.17) is 0 Å². The lowest BCUT2D eigenvalue weighted by Crippen LogP contribution is -2.34. The largest absolute Gasteiger partial charge is 0.381 e. The Morgan fingerprint density at radius 3 is 3.09 bits per heavy atom. The van der Waals surface area contributed by atoms with Gasteiger partial charge in [0, 0.05) is 30.2 Å². The van der Waals surface area contributed by atoms with E-state index in [2.05, 4.69) is 20.4 Å². The number of nitrogens with zero attached hydrogens (tertiary/aromatic N) is 3. The molecule has 3 heterocycles. The zero-order valence-electron chi connectivity index (χ0n) is 11.8. The Labute approximate surface area is 125 Å². The average Bonchev–Trinajstić information content (AvgIpc) is 3.26. The first kappa shape index (κ1) is 13.0. The molecule has 1 fully saturated rings. The molecule has 4 rings (SSSR count). The summed E-state index contributed by atoms with van der Waals surface area (Å²) in [6.07, 6.45) is 3.80. The molecule has 0 bridgehead atoms. The minimum atomic E-state index is -1.13. The first-order chi connectivity index (χ1) is 10.7. The van der Waals surface area contributed by atoms with Gasteiger partial charge < -0.3 is 15.0 Å². The lowest BCUT2D eigenvalue weighted by Gasteiger charge is -2.21. The number of carbonyl (C=O) groups excluding carboxylic acids is 1. The van der Waals surface area contributed by atoms with Gasteiger partial charge in [-0.25, -0.2) is 0 Å². The summed E-state index contributed by atoms with van der Waals surface area (Å²) in [4.78, 5) is 17.4. The number of nitrogens with one attached hydrogen (secondary N) is 2. The van der Waals surface area contributed by atoms with Crippen LogP contribution in [0.25, 0.3) is 10.9 Å². The molecule has 1 atom stereocenters. The summed E-state index contributed by atoms with van der Waals surface area (Å²) >= 11 is 0. The minimum Gasteiger partial charge on any atom is -0.381 e. The molecule has 2 aromatic heterocycles. The Morgan fingerprint density at radius 2 is 2.27 bits per heavy atom. The molecule has 0 radical (unpaired) electrons. The molecule has 7 nitrogen and oxygen atoms in total. The highest BCUT2D eigenvalue weighted by Gasteiger charge is 2.41. The molecule has 1 aliphatic heterocycles. The molecule has 3 N–H and O–H groups in total. The Hall–Kier alpha value is -2.67. The van der Waals surface area contributed by atoms with Gasteiger partial charge in [0.25, 0.3) is 5.91 Å². The molecular formula is C15H15N5O2. The van der Waals surface area contributed by atoms with Crippen LogP contribution < -0.4 is 0 Å². The van der Waals surface area contributed by atoms with Crippen molar-refractivity contribution in [2.75, 3.05) is 13.1 Å². The molecule has 1 saturated heterocycles. The van der Waals surface area contributed by atoms with Crippen LogP contribution in [0.4, 0.5) is 0 Å². The summed E-state index contributed by atoms with van der Waals surface area (Å²) in [5, 5.41) is 21.9. The molecule has 3 aromatic rings. The van der Waals surface area contributed by atoms with Crippen molar-refractivity contribution in [3.05, 3.63) is 47.9 Å². The van der Waals surface area contributed by atoms with Crippen LogP contribution >= 0.6 is 0 Å². The van der Waals surface area contributed by atoms with Crippen LogP contribution in [0.1, 0.15) is 22.5 Å². The van der Waals surface area contributed by atoms with Gasteiger partial charge in [0.1, 0.15) is 11.3 Å². The van der Waals surface area contributed by atoms with E-state index in [-0.39, 0.29) is 12.5 Å². The normalized spacial score (nSPS) is 21.6. The number of hydrogen-bond donors (Lipinski definition) is 3. The van der Waals surface area contributed by atoms with Crippen LogP contribution in [-0.4, -0.2) is 49.4 Å². The summed E-state index contributed by atoms with van der Waals surface area (Å²) in [7, 11) is 0. The summed E-state index contributed by atoms with van der Waals surface area (Å²) in [6, 6.07) is 7.53. The van der Waals surface area contributed by atoms with Crippen molar-refractivity contribution in [1.82, 2.24) is 25.3 Å². The third-order valence-corrected chi connectivity index (χ3v) is 4.23. The van der Waals surface area contributed by atoms with Crippen LogP contribution in [-0.2, 0) is 5.60 Å². The quantitative estimate of drug-likeness (QED) is 0.657. The SMILES string of the molecule is O=C(c1ccc2cc[nH]c2c1)N1CC[C@](O)(c2cn[nH]n2)C1. The first-order valence-electron chi connectivity index (χ1n) is 7.11. The van der Waals surface area contributed by atoms with E-state index in [0.29, 0.717) is 24.2 Å². The van der Waals surface area contributed by atoms with E-state index in [1.807, 2.05) is 30.5 Å². The van der Waals surface area contributed by atoms with E-state index in [1.165, 1.54) is 6.20 Å². The van der Waals surface area contributed by atoms with Gasteiger partial charge in [0.05, 0.1) is 12.7 Å².